The summed E-state index contributed by atoms with van der Waals surface area (Å²) < 4.78 is 7.37. The molecule has 0 aliphatic heterocycles. The van der Waals surface area contributed by atoms with Crippen molar-refractivity contribution in [3.8, 4) is 0 Å². The summed E-state index contributed by atoms with van der Waals surface area (Å²) in [5.74, 6) is 0.936. The molecule has 0 saturated heterocycles. The summed E-state index contributed by atoms with van der Waals surface area (Å²) in [7, 11) is 0. The average molecular weight is 209 g/mol. The van der Waals surface area contributed by atoms with Gasteiger partial charge in [0.2, 0.25) is 0 Å². The van der Waals surface area contributed by atoms with Crippen molar-refractivity contribution in [3.05, 3.63) is 12.4 Å². The van der Waals surface area contributed by atoms with Crippen LogP contribution >= 0.6 is 0 Å². The van der Waals surface area contributed by atoms with Crippen LogP contribution in [0.5, 0.6) is 0 Å². The van der Waals surface area contributed by atoms with Gasteiger partial charge in [0.1, 0.15) is 0 Å². The lowest BCUT2D eigenvalue weighted by molar-refractivity contribution is 0.0986. The Kier molecular flexibility index (Phi) is 3.61. The van der Waals surface area contributed by atoms with E-state index in [0.29, 0.717) is 5.69 Å². The fourth-order valence-corrected chi connectivity index (χ4v) is 1.79. The number of nitrogen functional groups attached to an aromatic ring is 1. The monoisotopic (exact) mass is 209 g/mol. The molecule has 4 nitrogen and oxygen atoms in total. The molecule has 0 aromatic carbocycles. The Morgan fingerprint density at radius 1 is 1.47 bits per heavy atom. The van der Waals surface area contributed by atoms with E-state index in [0.717, 1.165) is 25.7 Å². The first-order valence-corrected chi connectivity index (χ1v) is 5.70. The molecule has 1 aromatic heterocycles. The van der Waals surface area contributed by atoms with Gasteiger partial charge in [-0.25, -0.2) is 0 Å². The van der Waals surface area contributed by atoms with Gasteiger partial charge in [0.05, 0.1) is 25.0 Å². The number of hydrogen-bond acceptors (Lipinski definition) is 3. The second-order valence-electron chi connectivity index (χ2n) is 4.23. The van der Waals surface area contributed by atoms with Crippen LogP contribution in [0.1, 0.15) is 25.7 Å². The van der Waals surface area contributed by atoms with Crippen LogP contribution in [0.3, 0.4) is 0 Å². The highest BCUT2D eigenvalue weighted by Crippen LogP contribution is 2.28. The van der Waals surface area contributed by atoms with E-state index in [1.54, 1.807) is 6.20 Å². The summed E-state index contributed by atoms with van der Waals surface area (Å²) in [6, 6.07) is 0. The summed E-state index contributed by atoms with van der Waals surface area (Å²) in [4.78, 5) is 0. The number of nitrogens with two attached hydrogens (primary N) is 1. The van der Waals surface area contributed by atoms with Crippen LogP contribution in [0.15, 0.2) is 12.4 Å². The Hall–Kier alpha value is -1.03. The van der Waals surface area contributed by atoms with Crippen LogP contribution in [-0.4, -0.2) is 23.0 Å². The molecular formula is C11H19N3O. The molecule has 0 radical (unpaired) electrons. The molecule has 0 atom stereocenters. The molecule has 1 aliphatic carbocycles. The number of ether oxygens (including phenoxy) is 1. The molecule has 4 heteroatoms. The number of aromatic nitrogens is 2. The van der Waals surface area contributed by atoms with Crippen molar-refractivity contribution < 1.29 is 4.74 Å². The van der Waals surface area contributed by atoms with Crippen LogP contribution in [0.4, 0.5) is 5.69 Å². The van der Waals surface area contributed by atoms with Crippen molar-refractivity contribution in [1.82, 2.24) is 9.78 Å². The number of rotatable bonds is 6. The summed E-state index contributed by atoms with van der Waals surface area (Å²) >= 11 is 0. The highest BCUT2D eigenvalue weighted by Gasteiger charge is 2.16. The molecule has 1 saturated carbocycles. The Balaban J connectivity index is 1.51. The fourth-order valence-electron chi connectivity index (χ4n) is 1.79. The molecule has 0 amide bonds. The van der Waals surface area contributed by atoms with Crippen LogP contribution < -0.4 is 5.73 Å². The summed E-state index contributed by atoms with van der Waals surface area (Å²) in [6.45, 7) is 2.41. The number of nitrogens with zero attached hydrogens (tertiary/aromatic N) is 2. The first-order valence-electron chi connectivity index (χ1n) is 5.70. The lowest BCUT2D eigenvalue weighted by Crippen LogP contribution is -2.14. The minimum absolute atomic E-state index is 0.712. The summed E-state index contributed by atoms with van der Waals surface area (Å²) in [6.07, 6.45) is 8.93. The van der Waals surface area contributed by atoms with Crippen molar-refractivity contribution in [3.63, 3.8) is 0 Å². The van der Waals surface area contributed by atoms with Crippen LogP contribution in [0.2, 0.25) is 0 Å². The average Bonchev–Trinajstić information content (AvgIpc) is 2.54. The Morgan fingerprint density at radius 3 is 2.93 bits per heavy atom. The maximum absolute atomic E-state index is 5.55. The first kappa shape index (κ1) is 10.5. The number of anilines is 1. The minimum atomic E-state index is 0.712. The largest absolute Gasteiger partial charge is 0.396 e. The molecule has 1 fully saturated rings. The highest BCUT2D eigenvalue weighted by molar-refractivity contribution is 5.30. The second-order valence-corrected chi connectivity index (χ2v) is 4.23. The summed E-state index contributed by atoms with van der Waals surface area (Å²) in [5.41, 5.74) is 6.26. The molecule has 1 aromatic rings. The van der Waals surface area contributed by atoms with E-state index in [1.807, 2.05) is 10.9 Å². The number of hydrogen-bond donors (Lipinski definition) is 1. The Bertz CT molecular complexity index is 294. The van der Waals surface area contributed by atoms with E-state index in [1.165, 1.54) is 25.7 Å². The molecule has 84 valence electrons. The van der Waals surface area contributed by atoms with Crippen molar-refractivity contribution >= 4 is 5.69 Å². The maximum atomic E-state index is 5.55. The van der Waals surface area contributed by atoms with Gasteiger partial charge >= 0.3 is 0 Å². The van der Waals surface area contributed by atoms with Gasteiger partial charge in [0.25, 0.3) is 0 Å². The van der Waals surface area contributed by atoms with Crippen molar-refractivity contribution in [1.29, 1.82) is 0 Å². The van der Waals surface area contributed by atoms with Crippen LogP contribution in [-0.2, 0) is 11.3 Å². The second kappa shape index (κ2) is 5.16. The minimum Gasteiger partial charge on any atom is -0.396 e. The lowest BCUT2D eigenvalue weighted by atomic mass is 9.83. The fraction of sp³-hybridized carbons (Fsp3) is 0.727. The van der Waals surface area contributed by atoms with Gasteiger partial charge < -0.3 is 10.5 Å². The zero-order valence-electron chi connectivity index (χ0n) is 9.06. The van der Waals surface area contributed by atoms with Gasteiger partial charge in [-0.2, -0.15) is 5.10 Å². The van der Waals surface area contributed by atoms with Crippen LogP contribution in [0, 0.1) is 5.92 Å². The normalized spacial score (nSPS) is 16.5. The van der Waals surface area contributed by atoms with Crippen molar-refractivity contribution in [2.45, 2.75) is 32.2 Å². The molecule has 1 heterocycles. The predicted octanol–water partition coefficient (Wildman–Crippen LogP) is 1.67. The van der Waals surface area contributed by atoms with Crippen LogP contribution in [0.25, 0.3) is 0 Å². The third-order valence-corrected chi connectivity index (χ3v) is 3.01. The molecule has 1 aliphatic rings. The Morgan fingerprint density at radius 2 is 2.33 bits per heavy atom. The predicted molar refractivity (Wildman–Crippen MR) is 59.4 cm³/mol. The van der Waals surface area contributed by atoms with Gasteiger partial charge in [0, 0.05) is 12.8 Å². The molecular weight excluding hydrogens is 190 g/mol. The third-order valence-electron chi connectivity index (χ3n) is 3.01. The molecule has 0 spiro atoms. The molecule has 15 heavy (non-hydrogen) atoms. The zero-order chi connectivity index (χ0) is 10.5. The first-order chi connectivity index (χ1) is 7.34. The maximum Gasteiger partial charge on any atom is 0.0719 e. The standard InChI is InChI=1S/C11H19N3O/c12-11-8-13-14(9-11)5-7-15-6-4-10-2-1-3-10/h8-10H,1-7,12H2. The van der Waals surface area contributed by atoms with Crippen molar-refractivity contribution in [2.24, 2.45) is 5.92 Å². The van der Waals surface area contributed by atoms with Gasteiger partial charge in [0.15, 0.2) is 0 Å². The van der Waals surface area contributed by atoms with Gasteiger partial charge in [-0.05, 0) is 12.3 Å². The topological polar surface area (TPSA) is 53.1 Å². The molecule has 2 rings (SSSR count). The molecule has 0 unspecified atom stereocenters. The lowest BCUT2D eigenvalue weighted by Gasteiger charge is -2.24. The van der Waals surface area contributed by atoms with Gasteiger partial charge in [-0.1, -0.05) is 19.3 Å². The van der Waals surface area contributed by atoms with Crippen molar-refractivity contribution in [2.75, 3.05) is 18.9 Å². The van der Waals surface area contributed by atoms with Gasteiger partial charge in [-0.3, -0.25) is 4.68 Å². The van der Waals surface area contributed by atoms with E-state index in [2.05, 4.69) is 5.10 Å². The summed E-state index contributed by atoms with van der Waals surface area (Å²) in [5, 5.41) is 4.09. The zero-order valence-corrected chi connectivity index (χ0v) is 9.06. The quantitative estimate of drug-likeness (QED) is 0.725. The van der Waals surface area contributed by atoms with E-state index < -0.39 is 0 Å². The smallest absolute Gasteiger partial charge is 0.0719 e. The van der Waals surface area contributed by atoms with E-state index in [-0.39, 0.29) is 0 Å². The molecule has 2 N–H and O–H groups in total. The van der Waals surface area contributed by atoms with E-state index >= 15 is 0 Å². The third kappa shape index (κ3) is 3.23. The molecule has 0 bridgehead atoms. The highest BCUT2D eigenvalue weighted by atomic mass is 16.5. The van der Waals surface area contributed by atoms with E-state index in [9.17, 15) is 0 Å². The van der Waals surface area contributed by atoms with Gasteiger partial charge in [-0.15, -0.1) is 0 Å². The SMILES string of the molecule is Nc1cnn(CCOCCC2CCC2)c1. The van der Waals surface area contributed by atoms with E-state index in [4.69, 9.17) is 10.5 Å². The Labute approximate surface area is 90.4 Å².